The van der Waals surface area contributed by atoms with Gasteiger partial charge in [-0.25, -0.2) is 0 Å². The van der Waals surface area contributed by atoms with E-state index in [0.29, 0.717) is 16.5 Å². The third-order valence-corrected chi connectivity index (χ3v) is 10.8. The van der Waals surface area contributed by atoms with Crippen LogP contribution in [0.15, 0.2) is 10.5 Å². The van der Waals surface area contributed by atoms with E-state index in [-0.39, 0.29) is 23.1 Å². The molecule has 192 valence electrons. The summed E-state index contributed by atoms with van der Waals surface area (Å²) in [4.78, 5) is 15.5. The van der Waals surface area contributed by atoms with E-state index in [1.165, 1.54) is 27.1 Å². The molecule has 6 nitrogen and oxygen atoms in total. The molecule has 0 aromatic carbocycles. The smallest absolute Gasteiger partial charge is 0.235 e. The predicted octanol–water partition coefficient (Wildman–Crippen LogP) is 7.41. The third-order valence-electron chi connectivity index (χ3n) is 7.69. The number of carbonyl (C=O) groups excluding carboxylic acids is 1. The van der Waals surface area contributed by atoms with Gasteiger partial charge in [-0.3, -0.25) is 9.36 Å². The van der Waals surface area contributed by atoms with E-state index in [1.807, 2.05) is 0 Å². The van der Waals surface area contributed by atoms with E-state index < -0.39 is 0 Å². The summed E-state index contributed by atoms with van der Waals surface area (Å²) in [7, 11) is 0. The number of nitrogens with one attached hydrogen (secondary N) is 1. The fourth-order valence-electron chi connectivity index (χ4n) is 4.80. The summed E-state index contributed by atoms with van der Waals surface area (Å²) in [6, 6.07) is 2.53. The van der Waals surface area contributed by atoms with Gasteiger partial charge in [0.25, 0.3) is 0 Å². The van der Waals surface area contributed by atoms with Crippen molar-refractivity contribution >= 4 is 45.3 Å². The molecule has 1 amide bonds. The number of hydrogen-bond donors (Lipinski definition) is 1. The van der Waals surface area contributed by atoms with Gasteiger partial charge in [0.2, 0.25) is 5.91 Å². The number of thiophene rings is 2. The molecule has 0 saturated carbocycles. The van der Waals surface area contributed by atoms with Gasteiger partial charge in [0.1, 0.15) is 11.1 Å². The highest BCUT2D eigenvalue weighted by Crippen LogP contribution is 2.45. The van der Waals surface area contributed by atoms with E-state index in [0.717, 1.165) is 47.8 Å². The Hall–Kier alpha value is -2.15. The number of rotatable bonds is 8. The Morgan fingerprint density at radius 3 is 2.72 bits per heavy atom. The number of hydrogen-bond acceptors (Lipinski definition) is 7. The van der Waals surface area contributed by atoms with Crippen LogP contribution in [-0.2, 0) is 17.6 Å². The van der Waals surface area contributed by atoms with Crippen LogP contribution in [0.5, 0.6) is 0 Å². The van der Waals surface area contributed by atoms with Crippen LogP contribution in [-0.4, -0.2) is 26.4 Å². The SMILES string of the molecule is CCC(C)(C)C1CCc2c(sc(NC(=O)CSc3nnc(-c4csc(C)c4C)n3C(C)C)c2C#N)C1. The molecule has 3 heterocycles. The summed E-state index contributed by atoms with van der Waals surface area (Å²) in [6.07, 6.45) is 4.13. The van der Waals surface area contributed by atoms with Crippen LogP contribution in [0.4, 0.5) is 5.00 Å². The second-order valence-electron chi connectivity index (χ2n) is 10.5. The molecule has 9 heteroatoms. The van der Waals surface area contributed by atoms with Crippen LogP contribution in [0.1, 0.15) is 79.9 Å². The van der Waals surface area contributed by atoms with Crippen molar-refractivity contribution in [1.29, 1.82) is 5.26 Å². The molecule has 3 aromatic heterocycles. The first-order valence-corrected chi connectivity index (χ1v) is 15.2. The Kier molecular flexibility index (Phi) is 7.98. The first-order valence-electron chi connectivity index (χ1n) is 12.5. The number of aryl methyl sites for hydroxylation is 1. The largest absolute Gasteiger partial charge is 0.316 e. The zero-order valence-electron chi connectivity index (χ0n) is 22.2. The summed E-state index contributed by atoms with van der Waals surface area (Å²) >= 11 is 4.69. The molecule has 36 heavy (non-hydrogen) atoms. The first-order chi connectivity index (χ1) is 17.1. The first kappa shape index (κ1) is 26.9. The highest BCUT2D eigenvalue weighted by atomic mass is 32.2. The average Bonchev–Trinajstić information content (AvgIpc) is 3.52. The molecule has 0 bridgehead atoms. The molecule has 0 radical (unpaired) electrons. The number of amides is 1. The van der Waals surface area contributed by atoms with Crippen molar-refractivity contribution in [2.24, 2.45) is 11.3 Å². The van der Waals surface area contributed by atoms with Crippen molar-refractivity contribution in [3.63, 3.8) is 0 Å². The highest BCUT2D eigenvalue weighted by Gasteiger charge is 2.34. The average molecular weight is 542 g/mol. The van der Waals surface area contributed by atoms with Crippen LogP contribution >= 0.6 is 34.4 Å². The number of anilines is 1. The molecule has 1 atom stereocenters. The van der Waals surface area contributed by atoms with Crippen molar-refractivity contribution in [3.8, 4) is 17.5 Å². The fourth-order valence-corrected chi connectivity index (χ4v) is 7.82. The summed E-state index contributed by atoms with van der Waals surface area (Å²) in [5.74, 6) is 1.54. The summed E-state index contributed by atoms with van der Waals surface area (Å²) < 4.78 is 2.10. The topological polar surface area (TPSA) is 83.6 Å². The maximum Gasteiger partial charge on any atom is 0.235 e. The lowest BCUT2D eigenvalue weighted by atomic mass is 9.69. The Balaban J connectivity index is 1.48. The lowest BCUT2D eigenvalue weighted by Gasteiger charge is -2.36. The molecule has 0 aliphatic heterocycles. The molecular formula is C27H35N5OS3. The molecule has 0 spiro atoms. The van der Waals surface area contributed by atoms with Crippen LogP contribution < -0.4 is 5.32 Å². The third kappa shape index (κ3) is 5.13. The van der Waals surface area contributed by atoms with E-state index in [9.17, 15) is 10.1 Å². The van der Waals surface area contributed by atoms with Gasteiger partial charge in [-0.15, -0.1) is 32.9 Å². The number of fused-ring (bicyclic) bond motifs is 1. The number of aromatic nitrogens is 3. The van der Waals surface area contributed by atoms with Gasteiger partial charge in [0, 0.05) is 26.7 Å². The zero-order chi connectivity index (χ0) is 26.2. The summed E-state index contributed by atoms with van der Waals surface area (Å²) in [5.41, 5.74) is 4.39. The van der Waals surface area contributed by atoms with Gasteiger partial charge in [-0.2, -0.15) is 5.26 Å². The molecule has 3 aromatic rings. The van der Waals surface area contributed by atoms with E-state index in [2.05, 4.69) is 80.0 Å². The summed E-state index contributed by atoms with van der Waals surface area (Å²) in [6.45, 7) is 15.4. The van der Waals surface area contributed by atoms with Gasteiger partial charge >= 0.3 is 0 Å². The van der Waals surface area contributed by atoms with Crippen LogP contribution in [0.25, 0.3) is 11.4 Å². The molecule has 4 rings (SSSR count). The van der Waals surface area contributed by atoms with Crippen molar-refractivity contribution in [1.82, 2.24) is 14.8 Å². The molecule has 0 saturated heterocycles. The number of thioether (sulfide) groups is 1. The lowest BCUT2D eigenvalue weighted by Crippen LogP contribution is -2.28. The van der Waals surface area contributed by atoms with Gasteiger partial charge in [0.15, 0.2) is 11.0 Å². The molecular weight excluding hydrogens is 507 g/mol. The molecule has 1 N–H and O–H groups in total. The Morgan fingerprint density at radius 2 is 2.11 bits per heavy atom. The van der Waals surface area contributed by atoms with Crippen LogP contribution in [0.2, 0.25) is 0 Å². The maximum absolute atomic E-state index is 13.0. The van der Waals surface area contributed by atoms with Crippen LogP contribution in [0, 0.1) is 36.5 Å². The van der Waals surface area contributed by atoms with Gasteiger partial charge < -0.3 is 5.32 Å². The number of nitrogens with zero attached hydrogens (tertiary/aromatic N) is 4. The molecule has 1 aliphatic rings. The number of nitriles is 1. The van der Waals surface area contributed by atoms with Crippen LogP contribution in [0.3, 0.4) is 0 Å². The van der Waals surface area contributed by atoms with Gasteiger partial charge in [-0.1, -0.05) is 39.0 Å². The minimum atomic E-state index is -0.122. The van der Waals surface area contributed by atoms with Crippen molar-refractivity contribution in [2.75, 3.05) is 11.1 Å². The Bertz CT molecular complexity index is 1310. The Morgan fingerprint density at radius 1 is 1.36 bits per heavy atom. The van der Waals surface area contributed by atoms with E-state index in [1.54, 1.807) is 22.7 Å². The zero-order valence-corrected chi connectivity index (χ0v) is 24.6. The Labute approximate surface area is 226 Å². The summed E-state index contributed by atoms with van der Waals surface area (Å²) in [5, 5.41) is 25.4. The van der Waals surface area contributed by atoms with Gasteiger partial charge in [0.05, 0.1) is 11.3 Å². The van der Waals surface area contributed by atoms with E-state index in [4.69, 9.17) is 0 Å². The predicted molar refractivity (Wildman–Crippen MR) is 151 cm³/mol. The monoisotopic (exact) mass is 541 g/mol. The van der Waals surface area contributed by atoms with Crippen molar-refractivity contribution < 1.29 is 4.79 Å². The normalized spacial score (nSPS) is 15.7. The highest BCUT2D eigenvalue weighted by molar-refractivity contribution is 7.99. The van der Waals surface area contributed by atoms with Crippen molar-refractivity contribution in [3.05, 3.63) is 31.8 Å². The second kappa shape index (κ2) is 10.7. The van der Waals surface area contributed by atoms with Crippen molar-refractivity contribution in [2.45, 2.75) is 85.3 Å². The second-order valence-corrected chi connectivity index (χ2v) is 13.7. The van der Waals surface area contributed by atoms with E-state index >= 15 is 0 Å². The number of carbonyl (C=O) groups is 1. The maximum atomic E-state index is 13.0. The minimum absolute atomic E-state index is 0.122. The van der Waals surface area contributed by atoms with Gasteiger partial charge in [-0.05, 0) is 69.4 Å². The fraction of sp³-hybridized carbons (Fsp3) is 0.556. The quantitative estimate of drug-likeness (QED) is 0.300. The standard InChI is InChI=1S/C27H35N5OS3/c1-8-27(6,7)18-9-10-19-20(12-28)25(36-22(19)11-18)29-23(33)14-35-26-31-30-24(32(26)15(2)3)21-13-34-17(5)16(21)4/h13,15,18H,8-11,14H2,1-7H3,(H,29,33). The minimum Gasteiger partial charge on any atom is -0.316 e. The molecule has 0 fully saturated rings. The lowest BCUT2D eigenvalue weighted by molar-refractivity contribution is -0.113. The molecule has 1 unspecified atom stereocenters. The molecule has 1 aliphatic carbocycles.